The number of benzene rings is 2. The molecule has 1 saturated heterocycles. The van der Waals surface area contributed by atoms with Crippen LogP contribution in [0.15, 0.2) is 53.4 Å². The van der Waals surface area contributed by atoms with Gasteiger partial charge in [-0.25, -0.2) is 8.42 Å². The third-order valence-corrected chi connectivity index (χ3v) is 5.26. The molecule has 0 spiro atoms. The number of rotatable bonds is 4. The molecule has 2 aromatic rings. The van der Waals surface area contributed by atoms with Gasteiger partial charge in [-0.3, -0.25) is 9.52 Å². The molecule has 0 aliphatic carbocycles. The van der Waals surface area contributed by atoms with E-state index in [-0.39, 0.29) is 10.8 Å². The van der Waals surface area contributed by atoms with Gasteiger partial charge < -0.3 is 4.90 Å². The van der Waals surface area contributed by atoms with E-state index in [1.54, 1.807) is 29.2 Å². The van der Waals surface area contributed by atoms with Crippen molar-refractivity contribution in [3.63, 3.8) is 0 Å². The molecule has 0 saturated carbocycles. The highest BCUT2D eigenvalue weighted by Gasteiger charge is 2.22. The van der Waals surface area contributed by atoms with Crippen LogP contribution >= 0.6 is 11.6 Å². The number of hydrogen-bond acceptors (Lipinski definition) is 3. The second kappa shape index (κ2) is 6.22. The predicted octanol–water partition coefficient (Wildman–Crippen LogP) is 3.27. The average Bonchev–Trinajstić information content (AvgIpc) is 2.94. The summed E-state index contributed by atoms with van der Waals surface area (Å²) < 4.78 is 27.3. The number of anilines is 2. The number of carbonyl (C=O) groups excluding carboxylic acids is 1. The molecule has 1 heterocycles. The predicted molar refractivity (Wildman–Crippen MR) is 90.3 cm³/mol. The van der Waals surface area contributed by atoms with Crippen LogP contribution < -0.4 is 9.62 Å². The van der Waals surface area contributed by atoms with Gasteiger partial charge in [-0.2, -0.15) is 0 Å². The van der Waals surface area contributed by atoms with E-state index in [9.17, 15) is 13.2 Å². The van der Waals surface area contributed by atoms with Crippen LogP contribution in [-0.2, 0) is 14.8 Å². The summed E-state index contributed by atoms with van der Waals surface area (Å²) in [4.78, 5) is 13.6. The summed E-state index contributed by atoms with van der Waals surface area (Å²) in [5.74, 6) is 0.0581. The van der Waals surface area contributed by atoms with Crippen LogP contribution in [0.25, 0.3) is 0 Å². The van der Waals surface area contributed by atoms with E-state index in [4.69, 9.17) is 11.6 Å². The van der Waals surface area contributed by atoms with Crippen molar-refractivity contribution in [2.24, 2.45) is 0 Å². The number of hydrogen-bond donors (Lipinski definition) is 1. The standard InChI is InChI=1S/C16H15ClN2O3S/c17-12-6-8-15(9-7-12)23(21,22)18-13-3-1-4-14(11-13)19-10-2-5-16(19)20/h1,3-4,6-9,11,18H,2,5,10H2. The zero-order chi connectivity index (χ0) is 16.4. The Morgan fingerprint density at radius 3 is 2.48 bits per heavy atom. The minimum Gasteiger partial charge on any atom is -0.312 e. The van der Waals surface area contributed by atoms with Gasteiger partial charge in [0.25, 0.3) is 10.0 Å². The van der Waals surface area contributed by atoms with Crippen LogP contribution in [0.5, 0.6) is 0 Å². The third-order valence-electron chi connectivity index (χ3n) is 3.61. The zero-order valence-electron chi connectivity index (χ0n) is 12.2. The van der Waals surface area contributed by atoms with Gasteiger partial charge in [-0.05, 0) is 48.9 Å². The lowest BCUT2D eigenvalue weighted by atomic mass is 10.2. The maximum absolute atomic E-state index is 12.4. The van der Waals surface area contributed by atoms with E-state index in [2.05, 4.69) is 4.72 Å². The Labute approximate surface area is 139 Å². The fourth-order valence-electron chi connectivity index (χ4n) is 2.49. The van der Waals surface area contributed by atoms with Gasteiger partial charge in [-0.1, -0.05) is 17.7 Å². The molecule has 7 heteroatoms. The van der Waals surface area contributed by atoms with Crippen molar-refractivity contribution in [2.75, 3.05) is 16.2 Å². The second-order valence-electron chi connectivity index (χ2n) is 5.26. The summed E-state index contributed by atoms with van der Waals surface area (Å²) in [6, 6.07) is 12.8. The van der Waals surface area contributed by atoms with Gasteiger partial charge in [0.15, 0.2) is 0 Å². The van der Waals surface area contributed by atoms with E-state index in [0.717, 1.165) is 6.42 Å². The van der Waals surface area contributed by atoms with Gasteiger partial charge >= 0.3 is 0 Å². The van der Waals surface area contributed by atoms with Gasteiger partial charge in [-0.15, -0.1) is 0 Å². The van der Waals surface area contributed by atoms with Crippen molar-refractivity contribution in [3.8, 4) is 0 Å². The van der Waals surface area contributed by atoms with Crippen LogP contribution in [0.3, 0.4) is 0 Å². The van der Waals surface area contributed by atoms with Crippen LogP contribution in [0.2, 0.25) is 5.02 Å². The fraction of sp³-hybridized carbons (Fsp3) is 0.188. The van der Waals surface area contributed by atoms with Gasteiger partial charge in [0, 0.05) is 23.7 Å². The van der Waals surface area contributed by atoms with E-state index in [0.29, 0.717) is 29.4 Å². The summed E-state index contributed by atoms with van der Waals surface area (Å²) in [5.41, 5.74) is 1.11. The molecule has 0 bridgehead atoms. The van der Waals surface area contributed by atoms with Crippen LogP contribution in [0.1, 0.15) is 12.8 Å². The Kier molecular flexibility index (Phi) is 4.28. The molecule has 0 unspecified atom stereocenters. The van der Waals surface area contributed by atoms with Crippen molar-refractivity contribution in [3.05, 3.63) is 53.6 Å². The largest absolute Gasteiger partial charge is 0.312 e. The Bertz CT molecular complexity index is 835. The molecule has 23 heavy (non-hydrogen) atoms. The molecule has 2 aromatic carbocycles. The summed E-state index contributed by atoms with van der Waals surface area (Å²) in [6.45, 7) is 0.659. The molecular formula is C16H15ClN2O3S. The number of carbonyl (C=O) groups is 1. The first kappa shape index (κ1) is 15.8. The first-order chi connectivity index (χ1) is 11.0. The maximum atomic E-state index is 12.4. The Morgan fingerprint density at radius 2 is 1.83 bits per heavy atom. The molecule has 1 N–H and O–H groups in total. The second-order valence-corrected chi connectivity index (χ2v) is 7.38. The van der Waals surface area contributed by atoms with E-state index >= 15 is 0 Å². The summed E-state index contributed by atoms with van der Waals surface area (Å²) >= 11 is 5.78. The number of nitrogens with one attached hydrogen (secondary N) is 1. The van der Waals surface area contributed by atoms with Crippen LogP contribution in [0, 0.1) is 0 Å². The molecule has 0 atom stereocenters. The molecule has 120 valence electrons. The van der Waals surface area contributed by atoms with E-state index in [1.807, 2.05) is 0 Å². The summed E-state index contributed by atoms with van der Waals surface area (Å²) in [6.07, 6.45) is 1.35. The number of nitrogens with zero attached hydrogens (tertiary/aromatic N) is 1. The minimum atomic E-state index is -3.70. The summed E-state index contributed by atoms with van der Waals surface area (Å²) in [5, 5.41) is 0.471. The normalized spacial score (nSPS) is 15.0. The Morgan fingerprint density at radius 1 is 1.09 bits per heavy atom. The topological polar surface area (TPSA) is 66.5 Å². The van der Waals surface area contributed by atoms with Crippen molar-refractivity contribution >= 4 is 38.9 Å². The highest BCUT2D eigenvalue weighted by molar-refractivity contribution is 7.92. The van der Waals surface area contributed by atoms with Crippen molar-refractivity contribution in [1.29, 1.82) is 0 Å². The van der Waals surface area contributed by atoms with Crippen molar-refractivity contribution in [2.45, 2.75) is 17.7 Å². The van der Waals surface area contributed by atoms with Crippen molar-refractivity contribution < 1.29 is 13.2 Å². The first-order valence-corrected chi connectivity index (χ1v) is 9.01. The average molecular weight is 351 g/mol. The number of halogens is 1. The summed E-state index contributed by atoms with van der Waals surface area (Å²) in [7, 11) is -3.70. The molecule has 1 aliphatic heterocycles. The quantitative estimate of drug-likeness (QED) is 0.920. The monoisotopic (exact) mass is 350 g/mol. The number of sulfonamides is 1. The van der Waals surface area contributed by atoms with E-state index < -0.39 is 10.0 Å². The third kappa shape index (κ3) is 3.48. The highest BCUT2D eigenvalue weighted by atomic mass is 35.5. The smallest absolute Gasteiger partial charge is 0.261 e. The maximum Gasteiger partial charge on any atom is 0.261 e. The first-order valence-electron chi connectivity index (χ1n) is 7.14. The van der Waals surface area contributed by atoms with E-state index in [1.165, 1.54) is 24.3 Å². The van der Waals surface area contributed by atoms with Crippen LogP contribution in [0.4, 0.5) is 11.4 Å². The Balaban J connectivity index is 1.85. The molecule has 1 aliphatic rings. The SMILES string of the molecule is O=C1CCCN1c1cccc(NS(=O)(=O)c2ccc(Cl)cc2)c1. The van der Waals surface area contributed by atoms with Gasteiger partial charge in [0.2, 0.25) is 5.91 Å². The fourth-order valence-corrected chi connectivity index (χ4v) is 3.66. The minimum absolute atomic E-state index is 0.0581. The lowest BCUT2D eigenvalue weighted by Gasteiger charge is -2.17. The molecule has 0 aromatic heterocycles. The number of amides is 1. The highest BCUT2D eigenvalue weighted by Crippen LogP contribution is 2.26. The van der Waals surface area contributed by atoms with Crippen molar-refractivity contribution in [1.82, 2.24) is 0 Å². The molecule has 1 fully saturated rings. The van der Waals surface area contributed by atoms with Gasteiger partial charge in [0.1, 0.15) is 0 Å². The lowest BCUT2D eigenvalue weighted by molar-refractivity contribution is -0.117. The molecule has 0 radical (unpaired) electrons. The molecular weight excluding hydrogens is 336 g/mol. The molecule has 5 nitrogen and oxygen atoms in total. The molecule has 1 amide bonds. The lowest BCUT2D eigenvalue weighted by Crippen LogP contribution is -2.23. The Hall–Kier alpha value is -2.05. The zero-order valence-corrected chi connectivity index (χ0v) is 13.8. The molecule has 3 rings (SSSR count). The van der Waals surface area contributed by atoms with Gasteiger partial charge in [0.05, 0.1) is 10.6 Å². The van der Waals surface area contributed by atoms with Crippen LogP contribution in [-0.4, -0.2) is 20.9 Å².